The number of amides is 6. The van der Waals surface area contributed by atoms with E-state index in [1.54, 1.807) is 43.9 Å². The number of thiocarbonyl (C=S) groups is 1. The smallest absolute Gasteiger partial charge is 0.326 e. The van der Waals surface area contributed by atoms with Gasteiger partial charge in [0.15, 0.2) is 5.11 Å². The van der Waals surface area contributed by atoms with Crippen LogP contribution in [0.5, 0.6) is 0 Å². The van der Waals surface area contributed by atoms with Crippen LogP contribution in [-0.4, -0.2) is 265 Å². The number of carbonyl (C=O) groups is 13. The van der Waals surface area contributed by atoms with Gasteiger partial charge < -0.3 is 83.4 Å². The molecule has 0 saturated carbocycles. The van der Waals surface area contributed by atoms with Gasteiger partial charge >= 0.3 is 53.8 Å². The maximum absolute atomic E-state index is 13.8. The maximum Gasteiger partial charge on any atom is 0.326 e. The topological polar surface area (TPSA) is 493 Å². The molecule has 0 bridgehead atoms. The van der Waals surface area contributed by atoms with Crippen LogP contribution in [0.2, 0.25) is 0 Å². The number of carboxylic acids is 8. The molecule has 34 heteroatoms. The number of anilines is 1. The molecule has 98 heavy (non-hydrogen) atoms. The first-order valence-corrected chi connectivity index (χ1v) is 33.0. The third kappa shape index (κ3) is 37.4. The van der Waals surface area contributed by atoms with E-state index in [0.29, 0.717) is 70.0 Å². The summed E-state index contributed by atoms with van der Waals surface area (Å²) in [7, 11) is 0. The van der Waals surface area contributed by atoms with Crippen LogP contribution in [0.25, 0.3) is 0 Å². The molecule has 1 heterocycles. The molecule has 2 aromatic carbocycles. The van der Waals surface area contributed by atoms with E-state index in [2.05, 4.69) is 37.2 Å². The lowest BCUT2D eigenvalue weighted by Crippen LogP contribution is -2.53. The van der Waals surface area contributed by atoms with Crippen molar-refractivity contribution in [2.75, 3.05) is 96.9 Å². The Kier molecular flexibility index (Phi) is 39.1. The van der Waals surface area contributed by atoms with Gasteiger partial charge in [0.25, 0.3) is 0 Å². The first-order chi connectivity index (χ1) is 46.5. The predicted octanol–water partition coefficient (Wildman–Crippen LogP) is 0.814. The molecule has 16 N–H and O–H groups in total. The highest BCUT2D eigenvalue weighted by Crippen LogP contribution is 2.17. The van der Waals surface area contributed by atoms with Crippen molar-refractivity contribution in [1.29, 1.82) is 0 Å². The van der Waals surface area contributed by atoms with Crippen LogP contribution in [0, 0.1) is 6.92 Å². The zero-order valence-corrected chi connectivity index (χ0v) is 56.0. The van der Waals surface area contributed by atoms with E-state index in [4.69, 9.17) is 17.3 Å². The van der Waals surface area contributed by atoms with E-state index < -0.39 is 128 Å². The van der Waals surface area contributed by atoms with Crippen LogP contribution in [-0.2, 0) is 70.4 Å². The van der Waals surface area contributed by atoms with Crippen molar-refractivity contribution in [3.63, 3.8) is 0 Å². The Balaban J connectivity index is 1.58. The van der Waals surface area contributed by atoms with E-state index in [1.807, 2.05) is 36.5 Å². The Morgan fingerprint density at radius 1 is 0.439 bits per heavy atom. The molecule has 544 valence electrons. The Labute approximate surface area is 573 Å². The molecule has 1 aliphatic rings. The summed E-state index contributed by atoms with van der Waals surface area (Å²) >= 11 is 5.58. The molecule has 1 saturated heterocycles. The number of nitrogens with zero attached hydrogens (tertiary/aromatic N) is 4. The van der Waals surface area contributed by atoms with Crippen molar-refractivity contribution in [3.05, 3.63) is 65.2 Å². The van der Waals surface area contributed by atoms with Gasteiger partial charge in [-0.15, -0.1) is 0 Å². The Hall–Kier alpha value is -9.12. The van der Waals surface area contributed by atoms with Crippen molar-refractivity contribution in [2.45, 2.75) is 153 Å². The van der Waals surface area contributed by atoms with Gasteiger partial charge in [0.2, 0.25) is 23.6 Å². The van der Waals surface area contributed by atoms with Gasteiger partial charge in [-0.1, -0.05) is 61.2 Å². The molecule has 0 aliphatic carbocycles. The van der Waals surface area contributed by atoms with E-state index in [1.165, 1.54) is 0 Å². The number of hydrogen-bond donors (Lipinski definition) is 16. The average Bonchev–Trinajstić information content (AvgIpc) is 0.917. The summed E-state index contributed by atoms with van der Waals surface area (Å²) in [5, 5.41) is 98.2. The number of carbonyl (C=O) groups excluding carboxylic acids is 5. The Morgan fingerprint density at radius 2 is 0.898 bits per heavy atom. The summed E-state index contributed by atoms with van der Waals surface area (Å²) in [5.74, 6) is -11.9. The fraction of sp³-hybridized carbons (Fsp3) is 0.594. The molecule has 0 aromatic heterocycles. The fourth-order valence-electron chi connectivity index (χ4n) is 10.6. The SMILES string of the molecule is Cc1ccc(CC(=O)NCCCC[C@H](NC(=O)[C@H](CCCCNC(=S)Nc2ccc(CC3CN(CC(=O)O)CCN(CC(=O)O)CCN(CC(=O)O)CCN3CC(=O)O)cc2)NC(=O)CCCCCCCNC(=O)CC[C@H](NC(=O)N[C@@H](CCC(=O)O)C(=O)O)C(=O)O)C(=O)O)cc1. The van der Waals surface area contributed by atoms with Crippen molar-refractivity contribution in [1.82, 2.24) is 56.8 Å². The maximum atomic E-state index is 13.8. The summed E-state index contributed by atoms with van der Waals surface area (Å²) in [6.07, 6.45) is 3.50. The second kappa shape index (κ2) is 46.2. The highest BCUT2D eigenvalue weighted by atomic mass is 32.1. The standard InChI is InChI=1S/C64H96N12O21S/c1-42-14-16-44(17-15-42)36-53(79)66-27-9-7-12-48(60(91)92)70-59(90)47(69-52(78)13-5-3-2-4-8-26-65-51(77)24-22-49(61(93)94)71-63(97)72-50(62(95)96)23-25-54(80)81)11-6-10-28-67-64(98)68-45-20-18-43(19-21-45)35-46-37-75(40-57(86)87)32-31-73(38-55(82)83)29-30-74(39-56(84)85)33-34-76(46)41-58(88)89/h14-21,46-50H,2-13,22-41H2,1H3,(H,65,77)(H,66,79)(H,69,78)(H,70,90)(H,80,81)(H,82,83)(H,84,85)(H,86,87)(H,88,89)(H,91,92)(H,93,94)(H,95,96)(H2,67,68,98)(H2,71,72,97)/t46?,47-,48-,49-,50-/m0/s1. The van der Waals surface area contributed by atoms with E-state index in [9.17, 15) is 98.1 Å². The number of nitrogens with one attached hydrogen (secondary N) is 8. The van der Waals surface area contributed by atoms with Crippen molar-refractivity contribution in [2.24, 2.45) is 0 Å². The van der Waals surface area contributed by atoms with Gasteiger partial charge in [-0.25, -0.2) is 19.2 Å². The lowest BCUT2D eigenvalue weighted by atomic mass is 10.0. The summed E-state index contributed by atoms with van der Waals surface area (Å²) < 4.78 is 0. The molecule has 2 aromatic rings. The zero-order chi connectivity index (χ0) is 72.5. The van der Waals surface area contributed by atoms with Gasteiger partial charge in [0.1, 0.15) is 24.2 Å². The summed E-state index contributed by atoms with van der Waals surface area (Å²) in [5.41, 5.74) is 3.24. The minimum atomic E-state index is -1.59. The highest BCUT2D eigenvalue weighted by Gasteiger charge is 2.30. The molecule has 0 spiro atoms. The molecule has 33 nitrogen and oxygen atoms in total. The second-order valence-electron chi connectivity index (χ2n) is 24.0. The number of benzene rings is 2. The molecule has 1 fully saturated rings. The van der Waals surface area contributed by atoms with E-state index >= 15 is 0 Å². The molecule has 6 amide bonds. The third-order valence-corrected chi connectivity index (χ3v) is 16.1. The zero-order valence-electron chi connectivity index (χ0n) is 55.2. The molecule has 3 rings (SSSR count). The quantitative estimate of drug-likeness (QED) is 0.0322. The van der Waals surface area contributed by atoms with Crippen molar-refractivity contribution in [3.8, 4) is 0 Å². The average molecular weight is 1400 g/mol. The minimum Gasteiger partial charge on any atom is -0.481 e. The Bertz CT molecular complexity index is 2960. The van der Waals surface area contributed by atoms with Gasteiger partial charge in [-0.2, -0.15) is 0 Å². The number of unbranched alkanes of at least 4 members (excludes halogenated alkanes) is 6. The first-order valence-electron chi connectivity index (χ1n) is 32.6. The van der Waals surface area contributed by atoms with Gasteiger partial charge in [-0.05, 0) is 113 Å². The van der Waals surface area contributed by atoms with Crippen LogP contribution < -0.4 is 42.5 Å². The van der Waals surface area contributed by atoms with Gasteiger partial charge in [-0.3, -0.25) is 62.8 Å². The van der Waals surface area contributed by atoms with Crippen LogP contribution >= 0.6 is 12.2 Å². The number of aliphatic carboxylic acids is 8. The van der Waals surface area contributed by atoms with E-state index in [0.717, 1.165) is 16.7 Å². The molecule has 5 atom stereocenters. The largest absolute Gasteiger partial charge is 0.481 e. The molecule has 0 radical (unpaired) electrons. The molecule has 1 unspecified atom stereocenters. The number of hydrogen-bond acceptors (Lipinski definition) is 18. The third-order valence-electron chi connectivity index (χ3n) is 15.9. The minimum absolute atomic E-state index is 0.0395. The van der Waals surface area contributed by atoms with Gasteiger partial charge in [0, 0.05) is 96.4 Å². The van der Waals surface area contributed by atoms with Crippen LogP contribution in [0.4, 0.5) is 10.5 Å². The number of rotatable bonds is 45. The lowest BCUT2D eigenvalue weighted by molar-refractivity contribution is -0.142. The van der Waals surface area contributed by atoms with Gasteiger partial charge in [0.05, 0.1) is 32.6 Å². The Morgan fingerprint density at radius 3 is 1.45 bits per heavy atom. The second-order valence-corrected chi connectivity index (χ2v) is 24.4. The lowest BCUT2D eigenvalue weighted by Gasteiger charge is -2.37. The van der Waals surface area contributed by atoms with Crippen LogP contribution in [0.15, 0.2) is 48.5 Å². The summed E-state index contributed by atoms with van der Waals surface area (Å²) in [4.78, 5) is 165. The first kappa shape index (κ1) is 83.1. The number of carboxylic acid groups (broad SMARTS) is 8. The van der Waals surface area contributed by atoms with Crippen LogP contribution in [0.3, 0.4) is 0 Å². The predicted molar refractivity (Wildman–Crippen MR) is 358 cm³/mol. The molecular formula is C64H96N12O21S. The van der Waals surface area contributed by atoms with E-state index in [-0.39, 0.29) is 128 Å². The van der Waals surface area contributed by atoms with Crippen molar-refractivity contribution >= 4 is 100 Å². The molecule has 1 aliphatic heterocycles. The monoisotopic (exact) mass is 1400 g/mol. The summed E-state index contributed by atoms with van der Waals surface area (Å²) in [6.45, 7) is 2.21. The molecular weight excluding hydrogens is 1300 g/mol. The summed E-state index contributed by atoms with van der Waals surface area (Å²) in [6, 6.07) is 7.33. The number of urea groups is 1. The van der Waals surface area contributed by atoms with Crippen molar-refractivity contribution < 1.29 is 103 Å². The normalized spacial score (nSPS) is 15.4. The fourth-order valence-corrected chi connectivity index (χ4v) is 10.8. The highest BCUT2D eigenvalue weighted by molar-refractivity contribution is 7.80. The number of aryl methyl sites for hydroxylation is 1. The van der Waals surface area contributed by atoms with Crippen LogP contribution in [0.1, 0.15) is 119 Å².